The van der Waals surface area contributed by atoms with Crippen molar-refractivity contribution >= 4 is 28.6 Å². The number of carbonyl (C=O) groups is 2. The van der Waals surface area contributed by atoms with Gasteiger partial charge in [-0.2, -0.15) is 0 Å². The lowest BCUT2D eigenvalue weighted by molar-refractivity contribution is -0.286. The summed E-state index contributed by atoms with van der Waals surface area (Å²) in [4.78, 5) is 25.2. The van der Waals surface area contributed by atoms with Crippen molar-refractivity contribution in [1.82, 2.24) is 9.88 Å². The van der Waals surface area contributed by atoms with E-state index in [4.69, 9.17) is 4.74 Å². The zero-order valence-corrected chi connectivity index (χ0v) is 22.6. The number of fused-ring (bicyclic) bond motifs is 2. The molecule has 11 heteroatoms. The Balaban J connectivity index is 1.39. The van der Waals surface area contributed by atoms with Gasteiger partial charge in [0.05, 0.1) is 22.4 Å². The molecular weight excluding hydrogens is 527 g/mol. The Labute approximate surface area is 229 Å². The highest BCUT2D eigenvalue weighted by Gasteiger charge is 2.53. The number of allylic oxidation sites excluding steroid dienone is 1. The van der Waals surface area contributed by atoms with Gasteiger partial charge < -0.3 is 29.4 Å². The third kappa shape index (κ3) is 5.20. The molecule has 1 saturated carbocycles. The first-order valence-corrected chi connectivity index (χ1v) is 12.8. The first kappa shape index (κ1) is 27.4. The Morgan fingerprint density at radius 3 is 2.45 bits per heavy atom. The number of alkyl halides is 2. The molecule has 8 nitrogen and oxygen atoms in total. The number of carbonyl (C=O) groups excluding carboxylic acids is 2. The maximum atomic E-state index is 15.4. The number of nitrogens with one attached hydrogen (secondary N) is 2. The van der Waals surface area contributed by atoms with Crippen LogP contribution in [0, 0.1) is 5.82 Å². The predicted molar refractivity (Wildman–Crippen MR) is 142 cm³/mol. The summed E-state index contributed by atoms with van der Waals surface area (Å²) in [5, 5.41) is 6.07. The number of ether oxygens (including phenoxy) is 3. The lowest BCUT2D eigenvalue weighted by Gasteiger charge is -2.22. The van der Waals surface area contributed by atoms with Crippen LogP contribution < -0.4 is 20.1 Å². The molecule has 2 aliphatic rings. The molecule has 2 amide bonds. The molecule has 1 aromatic heterocycles. The summed E-state index contributed by atoms with van der Waals surface area (Å²) in [5.74, 6) is -1.05. The number of aromatic nitrogens is 1. The normalized spacial score (nSPS) is 16.5. The number of amides is 2. The Kier molecular flexibility index (Phi) is 6.51. The monoisotopic (exact) mass is 557 g/mol. The van der Waals surface area contributed by atoms with Crippen molar-refractivity contribution in [2.45, 2.75) is 64.2 Å². The zero-order valence-electron chi connectivity index (χ0n) is 22.6. The average Bonchev–Trinajstić information content (AvgIpc) is 3.48. The highest BCUT2D eigenvalue weighted by molar-refractivity contribution is 6.03. The van der Waals surface area contributed by atoms with Gasteiger partial charge in [0, 0.05) is 35.7 Å². The summed E-state index contributed by atoms with van der Waals surface area (Å²) in [6.07, 6.45) is -3.43. The number of nitrogens with zero attached hydrogens (tertiary/aromatic N) is 1. The minimum atomic E-state index is -3.76. The molecular formula is C29H30F3N3O5. The largest absolute Gasteiger partial charge is 0.586 e. The van der Waals surface area contributed by atoms with Crippen LogP contribution in [0.5, 0.6) is 11.5 Å². The summed E-state index contributed by atoms with van der Waals surface area (Å²) in [6.45, 7) is 11.8. The van der Waals surface area contributed by atoms with Gasteiger partial charge in [0.1, 0.15) is 5.82 Å². The van der Waals surface area contributed by atoms with E-state index < -0.39 is 29.5 Å². The first-order valence-electron chi connectivity index (χ1n) is 12.8. The van der Waals surface area contributed by atoms with Crippen LogP contribution in [0.3, 0.4) is 0 Å². The van der Waals surface area contributed by atoms with Crippen molar-refractivity contribution in [3.05, 3.63) is 65.8 Å². The lowest BCUT2D eigenvalue weighted by Crippen LogP contribution is -2.29. The van der Waals surface area contributed by atoms with E-state index in [0.29, 0.717) is 35.9 Å². The minimum Gasteiger partial charge on any atom is -0.416 e. The van der Waals surface area contributed by atoms with E-state index in [0.717, 1.165) is 5.69 Å². The van der Waals surface area contributed by atoms with Gasteiger partial charge >= 0.3 is 12.4 Å². The average molecular weight is 558 g/mol. The Morgan fingerprint density at radius 2 is 1.80 bits per heavy atom. The third-order valence-electron chi connectivity index (χ3n) is 7.02. The van der Waals surface area contributed by atoms with Gasteiger partial charge in [-0.3, -0.25) is 4.79 Å². The highest BCUT2D eigenvalue weighted by atomic mass is 19.3. The van der Waals surface area contributed by atoms with E-state index in [-0.39, 0.29) is 34.9 Å². The Bertz CT molecular complexity index is 1540. The molecule has 0 atom stereocenters. The number of hydrogen-bond acceptors (Lipinski definition) is 5. The van der Waals surface area contributed by atoms with Gasteiger partial charge in [0.15, 0.2) is 11.5 Å². The van der Waals surface area contributed by atoms with Gasteiger partial charge in [0.25, 0.3) is 0 Å². The summed E-state index contributed by atoms with van der Waals surface area (Å²) < 4.78 is 58.1. The molecule has 1 aliphatic heterocycles. The molecule has 40 heavy (non-hydrogen) atoms. The van der Waals surface area contributed by atoms with Crippen LogP contribution in [0.1, 0.15) is 51.8 Å². The Hall–Kier alpha value is -4.15. The molecule has 0 saturated heterocycles. The van der Waals surface area contributed by atoms with Crippen molar-refractivity contribution in [3.8, 4) is 11.5 Å². The number of benzene rings is 2. The van der Waals surface area contributed by atoms with Crippen LogP contribution in [0.15, 0.2) is 48.7 Å². The third-order valence-corrected chi connectivity index (χ3v) is 7.02. The van der Waals surface area contributed by atoms with Crippen molar-refractivity contribution in [1.29, 1.82) is 0 Å². The van der Waals surface area contributed by atoms with Crippen LogP contribution >= 0.6 is 0 Å². The second-order valence-corrected chi connectivity index (χ2v) is 11.2. The quantitative estimate of drug-likeness (QED) is 0.332. The predicted octanol–water partition coefficient (Wildman–Crippen LogP) is 6.33. The fourth-order valence-corrected chi connectivity index (χ4v) is 4.97. The smallest absolute Gasteiger partial charge is 0.416 e. The van der Waals surface area contributed by atoms with Gasteiger partial charge in [-0.15, -0.1) is 8.78 Å². The molecule has 0 radical (unpaired) electrons. The standard InChI is InChI=1S/C29H30F3N3O5/c1-16(2)38-26(37)33-10-11-35-21-15-19(30)20(12-17(21)13-24(35)27(3,4)5)34-25(36)28(8-9-28)18-6-7-22-23(14-18)40-29(31,32)39-22/h6-7,12-15H,1,8-11H2,2-5H3,(H,33,37)(H,34,36). The molecule has 212 valence electrons. The topological polar surface area (TPSA) is 90.8 Å². The van der Waals surface area contributed by atoms with Crippen LogP contribution in [-0.2, 0) is 26.9 Å². The lowest BCUT2D eigenvalue weighted by atomic mass is 9.92. The van der Waals surface area contributed by atoms with Crippen LogP contribution in [-0.4, -0.2) is 29.4 Å². The van der Waals surface area contributed by atoms with E-state index >= 15 is 4.39 Å². The molecule has 2 heterocycles. The molecule has 1 aliphatic carbocycles. The fraction of sp³-hybridized carbons (Fsp3) is 0.379. The molecule has 2 N–H and O–H groups in total. The second kappa shape index (κ2) is 9.50. The zero-order chi connectivity index (χ0) is 29.0. The molecule has 0 spiro atoms. The number of alkyl carbamates (subject to hydrolysis) is 1. The van der Waals surface area contributed by atoms with Crippen LogP contribution in [0.4, 0.5) is 23.7 Å². The van der Waals surface area contributed by atoms with E-state index in [1.54, 1.807) is 19.1 Å². The van der Waals surface area contributed by atoms with Gasteiger partial charge in [-0.05, 0) is 49.6 Å². The Morgan fingerprint density at radius 1 is 1.10 bits per heavy atom. The second-order valence-electron chi connectivity index (χ2n) is 11.2. The molecule has 0 unspecified atom stereocenters. The highest BCUT2D eigenvalue weighted by Crippen LogP contribution is 2.52. The van der Waals surface area contributed by atoms with Crippen molar-refractivity contribution < 1.29 is 37.0 Å². The summed E-state index contributed by atoms with van der Waals surface area (Å²) >= 11 is 0. The van der Waals surface area contributed by atoms with Crippen molar-refractivity contribution in [2.24, 2.45) is 0 Å². The van der Waals surface area contributed by atoms with Crippen LogP contribution in [0.25, 0.3) is 10.9 Å². The van der Waals surface area contributed by atoms with Gasteiger partial charge in [0.2, 0.25) is 5.91 Å². The molecule has 0 bridgehead atoms. The molecule has 1 fully saturated rings. The van der Waals surface area contributed by atoms with Crippen molar-refractivity contribution in [2.75, 3.05) is 11.9 Å². The SMILES string of the molecule is C=C(C)OC(=O)NCCn1c(C(C)(C)C)cc2cc(NC(=O)C3(c4ccc5c(c4)OC(F)(F)O5)CC3)c(F)cc21. The maximum absolute atomic E-state index is 15.4. The fourth-order valence-electron chi connectivity index (χ4n) is 4.97. The summed E-state index contributed by atoms with van der Waals surface area (Å²) in [5.41, 5.74) is 0.738. The van der Waals surface area contributed by atoms with E-state index in [1.165, 1.54) is 18.2 Å². The maximum Gasteiger partial charge on any atom is 0.586 e. The summed E-state index contributed by atoms with van der Waals surface area (Å²) in [7, 11) is 0. The van der Waals surface area contributed by atoms with E-state index in [9.17, 15) is 18.4 Å². The van der Waals surface area contributed by atoms with E-state index in [1.807, 2.05) is 31.4 Å². The summed E-state index contributed by atoms with van der Waals surface area (Å²) in [6, 6.07) is 9.13. The number of halogens is 3. The number of hydrogen-bond donors (Lipinski definition) is 2. The first-order chi connectivity index (χ1) is 18.7. The minimum absolute atomic E-state index is 0.0109. The van der Waals surface area contributed by atoms with Crippen molar-refractivity contribution in [3.63, 3.8) is 0 Å². The van der Waals surface area contributed by atoms with Gasteiger partial charge in [-0.1, -0.05) is 33.4 Å². The number of rotatable bonds is 7. The molecule has 2 aromatic carbocycles. The van der Waals surface area contributed by atoms with Crippen LogP contribution in [0.2, 0.25) is 0 Å². The van der Waals surface area contributed by atoms with Gasteiger partial charge in [-0.25, -0.2) is 9.18 Å². The molecule has 3 aromatic rings. The number of anilines is 1. The molecule has 5 rings (SSSR count). The van der Waals surface area contributed by atoms with E-state index in [2.05, 4.69) is 26.7 Å².